The van der Waals surface area contributed by atoms with E-state index in [1.54, 1.807) is 14.2 Å². The summed E-state index contributed by atoms with van der Waals surface area (Å²) in [5.74, 6) is 2.87. The minimum absolute atomic E-state index is 0.558. The Hall–Kier alpha value is -2.01. The molecule has 0 radical (unpaired) electrons. The second kappa shape index (κ2) is 6.18. The molecule has 0 saturated carbocycles. The van der Waals surface area contributed by atoms with Gasteiger partial charge >= 0.3 is 0 Å². The third-order valence-corrected chi connectivity index (χ3v) is 3.85. The Kier molecular flexibility index (Phi) is 4.10. The molecule has 5 nitrogen and oxygen atoms in total. The number of pyridine rings is 1. The van der Waals surface area contributed by atoms with Crippen LogP contribution in [-0.4, -0.2) is 39.0 Å². The normalized spacial score (nSPS) is 17.9. The number of hydrogen-bond donors (Lipinski definition) is 1. The summed E-state index contributed by atoms with van der Waals surface area (Å²) in [4.78, 5) is 4.45. The van der Waals surface area contributed by atoms with E-state index in [0.717, 1.165) is 48.5 Å². The van der Waals surface area contributed by atoms with Crippen LogP contribution in [0.1, 0.15) is 6.42 Å². The molecule has 5 heteroatoms. The van der Waals surface area contributed by atoms with Crippen LogP contribution in [0.15, 0.2) is 24.4 Å². The van der Waals surface area contributed by atoms with Crippen molar-refractivity contribution in [1.29, 1.82) is 0 Å². The minimum Gasteiger partial charge on any atom is -0.493 e. The quantitative estimate of drug-likeness (QED) is 0.916. The molecule has 0 amide bonds. The number of fused-ring (bicyclic) bond motifs is 1. The Labute approximate surface area is 124 Å². The minimum atomic E-state index is 0.558. The van der Waals surface area contributed by atoms with E-state index in [-0.39, 0.29) is 0 Å². The van der Waals surface area contributed by atoms with E-state index in [2.05, 4.69) is 10.3 Å². The first-order valence-electron chi connectivity index (χ1n) is 7.14. The molecule has 1 N–H and O–H groups in total. The van der Waals surface area contributed by atoms with E-state index < -0.39 is 0 Å². The van der Waals surface area contributed by atoms with Crippen molar-refractivity contribution in [2.24, 2.45) is 5.92 Å². The largest absolute Gasteiger partial charge is 0.493 e. The van der Waals surface area contributed by atoms with Gasteiger partial charge in [0.2, 0.25) is 0 Å². The van der Waals surface area contributed by atoms with E-state index in [1.807, 2.05) is 24.4 Å². The van der Waals surface area contributed by atoms with Crippen molar-refractivity contribution in [3.63, 3.8) is 0 Å². The molecule has 3 rings (SSSR count). The smallest absolute Gasteiger partial charge is 0.161 e. The summed E-state index contributed by atoms with van der Waals surface area (Å²) < 4.78 is 16.1. The fraction of sp³-hybridized carbons (Fsp3) is 0.438. The molecule has 1 unspecified atom stereocenters. The van der Waals surface area contributed by atoms with Gasteiger partial charge in [0.25, 0.3) is 0 Å². The molecule has 1 fully saturated rings. The fourth-order valence-corrected chi connectivity index (χ4v) is 2.63. The van der Waals surface area contributed by atoms with Gasteiger partial charge in [0.05, 0.1) is 20.8 Å². The van der Waals surface area contributed by atoms with E-state index in [1.165, 1.54) is 0 Å². The summed E-state index contributed by atoms with van der Waals surface area (Å²) in [6, 6.07) is 5.91. The maximum Gasteiger partial charge on any atom is 0.161 e. The van der Waals surface area contributed by atoms with Crippen molar-refractivity contribution in [3.8, 4) is 11.5 Å². The van der Waals surface area contributed by atoms with Gasteiger partial charge in [-0.15, -0.1) is 0 Å². The number of benzene rings is 1. The van der Waals surface area contributed by atoms with Crippen LogP contribution in [-0.2, 0) is 4.74 Å². The lowest BCUT2D eigenvalue weighted by Crippen LogP contribution is -2.15. The van der Waals surface area contributed by atoms with Gasteiger partial charge in [-0.2, -0.15) is 0 Å². The highest BCUT2D eigenvalue weighted by atomic mass is 16.5. The first kappa shape index (κ1) is 13.9. The summed E-state index contributed by atoms with van der Waals surface area (Å²) in [5, 5.41) is 5.54. The van der Waals surface area contributed by atoms with Gasteiger partial charge in [-0.05, 0) is 30.0 Å². The monoisotopic (exact) mass is 288 g/mol. The summed E-state index contributed by atoms with van der Waals surface area (Å²) in [6.07, 6.45) is 2.91. The summed E-state index contributed by atoms with van der Waals surface area (Å²) >= 11 is 0. The maximum atomic E-state index is 5.40. The molecule has 1 aromatic carbocycles. The second-order valence-corrected chi connectivity index (χ2v) is 5.20. The third kappa shape index (κ3) is 2.88. The fourth-order valence-electron chi connectivity index (χ4n) is 2.63. The van der Waals surface area contributed by atoms with Crippen LogP contribution in [0.5, 0.6) is 11.5 Å². The number of aromatic nitrogens is 1. The van der Waals surface area contributed by atoms with Crippen LogP contribution in [0.3, 0.4) is 0 Å². The molecule has 1 aliphatic heterocycles. The average molecular weight is 288 g/mol. The average Bonchev–Trinajstić information content (AvgIpc) is 3.04. The van der Waals surface area contributed by atoms with Gasteiger partial charge in [0, 0.05) is 30.7 Å². The molecule has 1 aromatic heterocycles. The molecule has 0 spiro atoms. The van der Waals surface area contributed by atoms with Crippen LogP contribution in [0.4, 0.5) is 5.82 Å². The Balaban J connectivity index is 1.90. The maximum absolute atomic E-state index is 5.40. The topological polar surface area (TPSA) is 52.6 Å². The molecule has 21 heavy (non-hydrogen) atoms. The van der Waals surface area contributed by atoms with E-state index in [4.69, 9.17) is 14.2 Å². The molecule has 1 atom stereocenters. The summed E-state index contributed by atoms with van der Waals surface area (Å²) in [6.45, 7) is 2.57. The van der Waals surface area contributed by atoms with Crippen LogP contribution in [0.25, 0.3) is 10.8 Å². The summed E-state index contributed by atoms with van der Waals surface area (Å²) in [5.41, 5.74) is 0. The molecular formula is C16H20N2O3. The number of methoxy groups -OCH3 is 2. The van der Waals surface area contributed by atoms with Crippen molar-refractivity contribution in [3.05, 3.63) is 24.4 Å². The molecule has 2 heterocycles. The number of anilines is 1. The van der Waals surface area contributed by atoms with Crippen molar-refractivity contribution in [2.45, 2.75) is 6.42 Å². The van der Waals surface area contributed by atoms with Crippen molar-refractivity contribution < 1.29 is 14.2 Å². The van der Waals surface area contributed by atoms with E-state index in [9.17, 15) is 0 Å². The number of nitrogens with zero attached hydrogens (tertiary/aromatic N) is 1. The second-order valence-electron chi connectivity index (χ2n) is 5.20. The molecule has 0 bridgehead atoms. The number of rotatable bonds is 5. The van der Waals surface area contributed by atoms with Crippen molar-refractivity contribution in [1.82, 2.24) is 4.98 Å². The zero-order chi connectivity index (χ0) is 14.7. The lowest BCUT2D eigenvalue weighted by atomic mass is 10.1. The van der Waals surface area contributed by atoms with Gasteiger partial charge in [-0.25, -0.2) is 4.98 Å². The lowest BCUT2D eigenvalue weighted by Gasteiger charge is -2.14. The van der Waals surface area contributed by atoms with Crippen LogP contribution >= 0.6 is 0 Å². The highest BCUT2D eigenvalue weighted by molar-refractivity contribution is 5.94. The molecular weight excluding hydrogens is 268 g/mol. The Bertz CT molecular complexity index is 624. The zero-order valence-corrected chi connectivity index (χ0v) is 12.4. The van der Waals surface area contributed by atoms with Crippen molar-refractivity contribution >= 4 is 16.6 Å². The van der Waals surface area contributed by atoms with Crippen molar-refractivity contribution in [2.75, 3.05) is 39.3 Å². The Morgan fingerprint density at radius 3 is 2.81 bits per heavy atom. The highest BCUT2D eigenvalue weighted by Crippen LogP contribution is 2.34. The first-order valence-corrected chi connectivity index (χ1v) is 7.14. The van der Waals surface area contributed by atoms with E-state index in [0.29, 0.717) is 11.7 Å². The molecule has 0 aliphatic carbocycles. The van der Waals surface area contributed by atoms with Crippen LogP contribution in [0, 0.1) is 5.92 Å². The predicted molar refractivity (Wildman–Crippen MR) is 82.3 cm³/mol. The standard InChI is InChI=1S/C16H20N2O3/c1-19-14-7-12-3-5-17-16(13(12)8-15(14)20-2)18-9-11-4-6-21-10-11/h3,5,7-8,11H,4,6,9-10H2,1-2H3,(H,17,18). The SMILES string of the molecule is COc1cc2ccnc(NCC3CCOC3)c2cc1OC. The third-order valence-electron chi connectivity index (χ3n) is 3.85. The number of ether oxygens (including phenoxy) is 3. The van der Waals surface area contributed by atoms with Gasteiger partial charge in [-0.3, -0.25) is 0 Å². The Morgan fingerprint density at radius 1 is 1.29 bits per heavy atom. The molecule has 1 aliphatic rings. The predicted octanol–water partition coefficient (Wildman–Crippen LogP) is 2.70. The van der Waals surface area contributed by atoms with Crippen LogP contribution in [0.2, 0.25) is 0 Å². The lowest BCUT2D eigenvalue weighted by molar-refractivity contribution is 0.187. The van der Waals surface area contributed by atoms with Gasteiger partial charge < -0.3 is 19.5 Å². The first-order chi connectivity index (χ1) is 10.3. The molecule has 2 aromatic rings. The Morgan fingerprint density at radius 2 is 2.10 bits per heavy atom. The van der Waals surface area contributed by atoms with Gasteiger partial charge in [-0.1, -0.05) is 0 Å². The van der Waals surface area contributed by atoms with Crippen LogP contribution < -0.4 is 14.8 Å². The number of nitrogens with one attached hydrogen (secondary N) is 1. The highest BCUT2D eigenvalue weighted by Gasteiger charge is 2.16. The molecule has 112 valence electrons. The number of hydrogen-bond acceptors (Lipinski definition) is 5. The van der Waals surface area contributed by atoms with Gasteiger partial charge in [0.15, 0.2) is 11.5 Å². The van der Waals surface area contributed by atoms with E-state index >= 15 is 0 Å². The molecule has 1 saturated heterocycles. The van der Waals surface area contributed by atoms with Gasteiger partial charge in [0.1, 0.15) is 5.82 Å². The zero-order valence-electron chi connectivity index (χ0n) is 12.4. The summed E-state index contributed by atoms with van der Waals surface area (Å²) in [7, 11) is 3.28.